The van der Waals surface area contributed by atoms with Gasteiger partial charge in [-0.2, -0.15) is 0 Å². The Labute approximate surface area is 213 Å². The molecule has 0 spiro atoms. The minimum atomic E-state index is -0.0396. The van der Waals surface area contributed by atoms with E-state index < -0.39 is 0 Å². The normalized spacial score (nSPS) is 19.0. The van der Waals surface area contributed by atoms with E-state index >= 15 is 0 Å². The number of hydrogen-bond acceptors (Lipinski definition) is 5. The van der Waals surface area contributed by atoms with Gasteiger partial charge in [0.25, 0.3) is 0 Å². The predicted octanol–water partition coefficient (Wildman–Crippen LogP) is 6.98. The Morgan fingerprint density at radius 2 is 1.79 bits per heavy atom. The number of benzene rings is 1. The van der Waals surface area contributed by atoms with E-state index in [1.165, 1.54) is 40.1 Å². The largest absolute Gasteiger partial charge is 0.385 e. The summed E-state index contributed by atoms with van der Waals surface area (Å²) in [7, 11) is 1.73. The summed E-state index contributed by atoms with van der Waals surface area (Å²) in [5.74, 6) is 0. The highest BCUT2D eigenvalue weighted by atomic mass is 32.2. The maximum atomic E-state index is 6.17. The second-order valence-corrected chi connectivity index (χ2v) is 11.8. The summed E-state index contributed by atoms with van der Waals surface area (Å²) >= 11 is 1.86. The maximum Gasteiger partial charge on any atom is 0.0700 e. The van der Waals surface area contributed by atoms with Crippen molar-refractivity contribution in [1.82, 2.24) is 9.62 Å². The number of hydrogen-bond donors (Lipinski definition) is 1. The number of unbranched alkanes of at least 4 members (excludes halogenated alkanes) is 1. The van der Waals surface area contributed by atoms with E-state index in [2.05, 4.69) is 88.4 Å². The first-order valence-corrected chi connectivity index (χ1v) is 13.6. The number of allylic oxidation sites excluding steroid dienone is 2. The second kappa shape index (κ2) is 13.7. The van der Waals surface area contributed by atoms with Crippen LogP contribution in [-0.4, -0.2) is 50.9 Å². The van der Waals surface area contributed by atoms with Gasteiger partial charge in [-0.3, -0.25) is 0 Å². The topological polar surface area (TPSA) is 33.7 Å². The third-order valence-corrected chi connectivity index (χ3v) is 7.83. The molecule has 34 heavy (non-hydrogen) atoms. The van der Waals surface area contributed by atoms with Gasteiger partial charge in [0, 0.05) is 42.8 Å². The van der Waals surface area contributed by atoms with E-state index in [0.29, 0.717) is 19.8 Å². The van der Waals surface area contributed by atoms with Crippen molar-refractivity contribution in [2.45, 2.75) is 78.0 Å². The Hall–Kier alpha value is -1.27. The van der Waals surface area contributed by atoms with Gasteiger partial charge in [0.2, 0.25) is 0 Å². The number of methoxy groups -OCH3 is 1. The van der Waals surface area contributed by atoms with E-state index in [9.17, 15) is 0 Å². The molecule has 0 amide bonds. The lowest BCUT2D eigenvalue weighted by Crippen LogP contribution is -2.42. The SMILES string of the molecule is CCCCNC1=C(C)CC(COCCOC)(CN(CC)Sc2ccc(C(C)(C)C)cc2)C(C)=C1. The molecular formula is C29H48N2O2S. The van der Waals surface area contributed by atoms with Crippen LogP contribution in [0.4, 0.5) is 0 Å². The molecule has 0 fully saturated rings. The Kier molecular flexibility index (Phi) is 11.7. The van der Waals surface area contributed by atoms with Crippen LogP contribution in [0.5, 0.6) is 0 Å². The number of rotatable bonds is 14. The molecule has 2 rings (SSSR count). The number of nitrogens with zero attached hydrogens (tertiary/aromatic N) is 1. The Bertz CT molecular complexity index is 810. The second-order valence-electron chi connectivity index (χ2n) is 10.6. The van der Waals surface area contributed by atoms with Crippen LogP contribution in [0.25, 0.3) is 0 Å². The van der Waals surface area contributed by atoms with Crippen molar-refractivity contribution in [2.24, 2.45) is 5.41 Å². The minimum Gasteiger partial charge on any atom is -0.385 e. The number of nitrogens with one attached hydrogen (secondary N) is 1. The lowest BCUT2D eigenvalue weighted by molar-refractivity contribution is 0.0220. The van der Waals surface area contributed by atoms with E-state index in [0.717, 1.165) is 26.1 Å². The third-order valence-electron chi connectivity index (χ3n) is 6.70. The Morgan fingerprint density at radius 3 is 2.38 bits per heavy atom. The lowest BCUT2D eigenvalue weighted by atomic mass is 9.72. The Morgan fingerprint density at radius 1 is 1.09 bits per heavy atom. The smallest absolute Gasteiger partial charge is 0.0700 e. The first kappa shape index (κ1) is 29.0. The van der Waals surface area contributed by atoms with Crippen LogP contribution in [0.15, 0.2) is 52.1 Å². The zero-order valence-corrected chi connectivity index (χ0v) is 23.7. The van der Waals surface area contributed by atoms with Crippen LogP contribution in [-0.2, 0) is 14.9 Å². The van der Waals surface area contributed by atoms with Gasteiger partial charge in [-0.1, -0.05) is 58.7 Å². The van der Waals surface area contributed by atoms with Gasteiger partial charge in [0.1, 0.15) is 0 Å². The molecule has 0 saturated carbocycles. The van der Waals surface area contributed by atoms with Crippen molar-refractivity contribution in [2.75, 3.05) is 46.6 Å². The average molecular weight is 489 g/mol. The van der Waals surface area contributed by atoms with Crippen molar-refractivity contribution in [3.63, 3.8) is 0 Å². The van der Waals surface area contributed by atoms with Crippen LogP contribution in [0.1, 0.15) is 73.3 Å². The summed E-state index contributed by atoms with van der Waals surface area (Å²) < 4.78 is 13.9. The van der Waals surface area contributed by atoms with Gasteiger partial charge in [0.15, 0.2) is 0 Å². The van der Waals surface area contributed by atoms with Crippen LogP contribution in [0.3, 0.4) is 0 Å². The van der Waals surface area contributed by atoms with Crippen molar-refractivity contribution in [3.8, 4) is 0 Å². The van der Waals surface area contributed by atoms with Crippen LogP contribution in [0, 0.1) is 5.41 Å². The molecule has 1 aliphatic carbocycles. The van der Waals surface area contributed by atoms with Gasteiger partial charge in [-0.25, -0.2) is 4.31 Å². The molecule has 0 radical (unpaired) electrons. The predicted molar refractivity (Wildman–Crippen MR) is 147 cm³/mol. The zero-order chi connectivity index (χ0) is 25.2. The fourth-order valence-electron chi connectivity index (χ4n) is 4.35. The van der Waals surface area contributed by atoms with Crippen molar-refractivity contribution >= 4 is 11.9 Å². The lowest BCUT2D eigenvalue weighted by Gasteiger charge is -2.41. The fraction of sp³-hybridized carbons (Fsp3) is 0.655. The first-order chi connectivity index (χ1) is 16.1. The van der Waals surface area contributed by atoms with E-state index in [1.807, 2.05) is 11.9 Å². The first-order valence-electron chi connectivity index (χ1n) is 12.9. The molecule has 0 aliphatic heterocycles. The molecular weight excluding hydrogens is 440 g/mol. The summed E-state index contributed by atoms with van der Waals surface area (Å²) in [6.07, 6.45) is 5.78. The molecule has 0 saturated heterocycles. The molecule has 1 N–H and O–H groups in total. The standard InChI is InChI=1S/C29H48N2O2S/c1-9-11-16-30-27-19-24(4)29(20-23(27)3,22-33-18-17-32-8)21-31(10-2)34-26-14-12-25(13-15-26)28(5,6)7/h12-15,19,30H,9-11,16-18,20-22H2,1-8H3. The summed E-state index contributed by atoms with van der Waals surface area (Å²) in [4.78, 5) is 1.29. The van der Waals surface area contributed by atoms with E-state index in [1.54, 1.807) is 7.11 Å². The monoisotopic (exact) mass is 488 g/mol. The molecule has 192 valence electrons. The van der Waals surface area contributed by atoms with Crippen molar-refractivity contribution in [1.29, 1.82) is 0 Å². The fourth-order valence-corrected chi connectivity index (χ4v) is 5.35. The molecule has 1 aromatic carbocycles. The van der Waals surface area contributed by atoms with Gasteiger partial charge in [-0.15, -0.1) is 0 Å². The summed E-state index contributed by atoms with van der Waals surface area (Å²) in [5, 5.41) is 3.66. The molecule has 1 unspecified atom stereocenters. The summed E-state index contributed by atoms with van der Waals surface area (Å²) in [6, 6.07) is 9.07. The quantitative estimate of drug-likeness (QED) is 0.226. The van der Waals surface area contributed by atoms with E-state index in [4.69, 9.17) is 9.47 Å². The van der Waals surface area contributed by atoms with Crippen molar-refractivity contribution in [3.05, 3.63) is 52.7 Å². The highest BCUT2D eigenvalue weighted by Crippen LogP contribution is 2.42. The van der Waals surface area contributed by atoms with Crippen molar-refractivity contribution < 1.29 is 9.47 Å². The van der Waals surface area contributed by atoms with Gasteiger partial charge in [-0.05, 0) is 73.4 Å². The van der Waals surface area contributed by atoms with Crippen LogP contribution < -0.4 is 5.32 Å². The molecule has 1 atom stereocenters. The average Bonchev–Trinajstić information content (AvgIpc) is 2.79. The molecule has 1 aromatic rings. The van der Waals surface area contributed by atoms with Crippen LogP contribution >= 0.6 is 11.9 Å². The summed E-state index contributed by atoms with van der Waals surface area (Å²) in [5.41, 5.74) is 5.63. The third kappa shape index (κ3) is 8.44. The summed E-state index contributed by atoms with van der Waals surface area (Å²) in [6.45, 7) is 20.8. The number of ether oxygens (including phenoxy) is 2. The minimum absolute atomic E-state index is 0.0396. The van der Waals surface area contributed by atoms with Gasteiger partial charge >= 0.3 is 0 Å². The zero-order valence-electron chi connectivity index (χ0n) is 22.9. The molecule has 1 aliphatic rings. The highest BCUT2D eigenvalue weighted by Gasteiger charge is 2.38. The molecule has 4 nitrogen and oxygen atoms in total. The molecule has 0 heterocycles. The van der Waals surface area contributed by atoms with Crippen LogP contribution in [0.2, 0.25) is 0 Å². The molecule has 5 heteroatoms. The van der Waals surface area contributed by atoms with Gasteiger partial charge in [0.05, 0.1) is 19.8 Å². The highest BCUT2D eigenvalue weighted by molar-refractivity contribution is 7.97. The molecule has 0 bridgehead atoms. The maximum absolute atomic E-state index is 6.17. The molecule has 0 aromatic heterocycles. The van der Waals surface area contributed by atoms with E-state index in [-0.39, 0.29) is 10.8 Å². The van der Waals surface area contributed by atoms with Gasteiger partial charge < -0.3 is 14.8 Å². The Balaban J connectivity index is 2.19.